The second-order valence-electron chi connectivity index (χ2n) is 9.18. The van der Waals surface area contributed by atoms with Gasteiger partial charge in [-0.1, -0.05) is 29.4 Å². The van der Waals surface area contributed by atoms with Crippen molar-refractivity contribution >= 4 is 22.9 Å². The molecule has 5 rings (SSSR count). The highest BCUT2D eigenvalue weighted by molar-refractivity contribution is 5.93. The number of ether oxygens (including phenoxy) is 2. The number of para-hydroxylation sites is 1. The van der Waals surface area contributed by atoms with E-state index in [-0.39, 0.29) is 12.6 Å². The number of hydrogen-bond acceptors (Lipinski definition) is 9. The second-order valence-corrected chi connectivity index (χ2v) is 9.18. The fraction of sp³-hybridized carbons (Fsp3) is 0.240. The zero-order valence-corrected chi connectivity index (χ0v) is 20.8. The number of tetrazole rings is 1. The highest BCUT2D eigenvalue weighted by atomic mass is 16.6. The van der Waals surface area contributed by atoms with Gasteiger partial charge < -0.3 is 9.47 Å². The largest absolute Gasteiger partial charge is 0.458 e. The van der Waals surface area contributed by atoms with Gasteiger partial charge in [-0.15, -0.1) is 0 Å². The Kier molecular flexibility index (Phi) is 6.22. The SMILES string of the molecule is Cn1nnnc1-n1c(OCc2cccc(NC(=O)OC(C)(C)C)n2)nc2c(-c3cccnc3)cccc21. The Bertz CT molecular complexity index is 1550. The van der Waals surface area contributed by atoms with Gasteiger partial charge in [0.05, 0.1) is 11.2 Å². The lowest BCUT2D eigenvalue weighted by molar-refractivity contribution is 0.0635. The Morgan fingerprint density at radius 2 is 1.89 bits per heavy atom. The number of aryl methyl sites for hydroxylation is 1. The third-order valence-corrected chi connectivity index (χ3v) is 5.21. The first-order valence-corrected chi connectivity index (χ1v) is 11.5. The molecule has 0 bridgehead atoms. The van der Waals surface area contributed by atoms with Crippen LogP contribution in [0.25, 0.3) is 28.1 Å². The summed E-state index contributed by atoms with van der Waals surface area (Å²) in [4.78, 5) is 25.6. The lowest BCUT2D eigenvalue weighted by Crippen LogP contribution is -2.27. The summed E-state index contributed by atoms with van der Waals surface area (Å²) < 4.78 is 14.7. The molecule has 0 saturated heterocycles. The van der Waals surface area contributed by atoms with E-state index in [9.17, 15) is 4.79 Å². The number of nitrogens with one attached hydrogen (secondary N) is 1. The molecule has 5 aromatic rings. The van der Waals surface area contributed by atoms with Gasteiger partial charge in [-0.05, 0) is 55.5 Å². The molecule has 0 saturated carbocycles. The molecular weight excluding hydrogens is 474 g/mol. The van der Waals surface area contributed by atoms with Crippen LogP contribution < -0.4 is 10.1 Å². The van der Waals surface area contributed by atoms with Gasteiger partial charge in [0.2, 0.25) is 0 Å². The first-order chi connectivity index (χ1) is 17.8. The summed E-state index contributed by atoms with van der Waals surface area (Å²) in [5.41, 5.74) is 3.25. The summed E-state index contributed by atoms with van der Waals surface area (Å²) in [5, 5.41) is 14.5. The summed E-state index contributed by atoms with van der Waals surface area (Å²) in [7, 11) is 1.74. The topological polar surface area (TPSA) is 135 Å². The molecule has 188 valence electrons. The van der Waals surface area contributed by atoms with E-state index in [4.69, 9.17) is 14.5 Å². The Morgan fingerprint density at radius 1 is 1.05 bits per heavy atom. The first kappa shape index (κ1) is 23.9. The van der Waals surface area contributed by atoms with Crippen LogP contribution in [0, 0.1) is 0 Å². The number of imidazole rings is 1. The fourth-order valence-corrected chi connectivity index (χ4v) is 3.71. The molecule has 0 unspecified atom stereocenters. The number of aromatic nitrogens is 8. The predicted molar refractivity (Wildman–Crippen MR) is 135 cm³/mol. The van der Waals surface area contributed by atoms with Crippen molar-refractivity contribution < 1.29 is 14.3 Å². The van der Waals surface area contributed by atoms with Crippen LogP contribution in [0.15, 0.2) is 60.9 Å². The van der Waals surface area contributed by atoms with E-state index >= 15 is 0 Å². The van der Waals surface area contributed by atoms with Gasteiger partial charge in [0.15, 0.2) is 0 Å². The van der Waals surface area contributed by atoms with E-state index < -0.39 is 11.7 Å². The van der Waals surface area contributed by atoms with E-state index in [1.54, 1.807) is 63.0 Å². The van der Waals surface area contributed by atoms with Crippen LogP contribution in [0.3, 0.4) is 0 Å². The van der Waals surface area contributed by atoms with Crippen molar-refractivity contribution in [3.8, 4) is 23.1 Å². The Hall–Kier alpha value is -4.87. The normalized spacial score (nSPS) is 11.5. The maximum absolute atomic E-state index is 12.1. The highest BCUT2D eigenvalue weighted by Gasteiger charge is 2.21. The maximum atomic E-state index is 12.1. The van der Waals surface area contributed by atoms with Gasteiger partial charge in [-0.25, -0.2) is 19.0 Å². The van der Waals surface area contributed by atoms with Crippen LogP contribution in [-0.2, 0) is 18.4 Å². The van der Waals surface area contributed by atoms with Crippen LogP contribution in [0.4, 0.5) is 10.6 Å². The lowest BCUT2D eigenvalue weighted by Gasteiger charge is -2.19. The van der Waals surface area contributed by atoms with E-state index in [0.29, 0.717) is 23.0 Å². The van der Waals surface area contributed by atoms with E-state index in [2.05, 4.69) is 30.8 Å². The molecule has 4 aromatic heterocycles. The minimum atomic E-state index is -0.618. The number of nitrogens with zero attached hydrogens (tertiary/aromatic N) is 8. The van der Waals surface area contributed by atoms with Crippen molar-refractivity contribution in [3.05, 3.63) is 66.6 Å². The average Bonchev–Trinajstić information content (AvgIpc) is 3.44. The molecular formula is C25H25N9O3. The van der Waals surface area contributed by atoms with Crippen LogP contribution in [0.2, 0.25) is 0 Å². The molecule has 0 radical (unpaired) electrons. The van der Waals surface area contributed by atoms with Crippen molar-refractivity contribution in [1.82, 2.24) is 39.7 Å². The second kappa shape index (κ2) is 9.64. The molecule has 1 N–H and O–H groups in total. The molecule has 37 heavy (non-hydrogen) atoms. The van der Waals surface area contributed by atoms with Crippen LogP contribution in [-0.4, -0.2) is 51.4 Å². The fourth-order valence-electron chi connectivity index (χ4n) is 3.71. The van der Waals surface area contributed by atoms with Crippen molar-refractivity contribution in [2.24, 2.45) is 7.05 Å². The zero-order valence-electron chi connectivity index (χ0n) is 20.8. The maximum Gasteiger partial charge on any atom is 0.413 e. The van der Waals surface area contributed by atoms with Crippen molar-refractivity contribution in [1.29, 1.82) is 0 Å². The monoisotopic (exact) mass is 499 g/mol. The Morgan fingerprint density at radius 3 is 2.62 bits per heavy atom. The third kappa shape index (κ3) is 5.22. The molecule has 0 aliphatic carbocycles. The molecule has 1 amide bonds. The molecule has 1 aromatic carbocycles. The standard InChI is InChI=1S/C25H25N9O3/c1-25(2,3)37-24(35)28-20-12-5-9-17(27-20)15-36-23-29-21-18(16-8-7-13-26-14-16)10-6-11-19(21)34(23)22-30-31-32-33(22)4/h5-14H,15H2,1-4H3,(H,27,28,35). The quantitative estimate of drug-likeness (QED) is 0.369. The Balaban J connectivity index is 1.47. The predicted octanol–water partition coefficient (Wildman–Crippen LogP) is 3.93. The zero-order chi connectivity index (χ0) is 26.0. The molecule has 0 spiro atoms. The van der Waals surface area contributed by atoms with Crippen LogP contribution in [0.5, 0.6) is 6.01 Å². The summed E-state index contributed by atoms with van der Waals surface area (Å²) in [5.74, 6) is 0.786. The van der Waals surface area contributed by atoms with Gasteiger partial charge in [0.1, 0.15) is 23.5 Å². The Labute approximate surface area is 212 Å². The average molecular weight is 500 g/mol. The number of amides is 1. The van der Waals surface area contributed by atoms with E-state index in [1.165, 1.54) is 4.68 Å². The molecule has 0 fully saturated rings. The highest BCUT2D eigenvalue weighted by Crippen LogP contribution is 2.32. The minimum Gasteiger partial charge on any atom is -0.458 e. The van der Waals surface area contributed by atoms with Gasteiger partial charge in [0, 0.05) is 30.6 Å². The van der Waals surface area contributed by atoms with Crippen molar-refractivity contribution in [3.63, 3.8) is 0 Å². The number of anilines is 1. The summed E-state index contributed by atoms with van der Waals surface area (Å²) in [6.45, 7) is 5.47. The van der Waals surface area contributed by atoms with Crippen molar-refractivity contribution in [2.75, 3.05) is 5.32 Å². The smallest absolute Gasteiger partial charge is 0.413 e. The summed E-state index contributed by atoms with van der Waals surface area (Å²) in [6, 6.07) is 15.2. The number of carbonyl (C=O) groups is 1. The minimum absolute atomic E-state index is 0.0840. The van der Waals surface area contributed by atoms with E-state index in [0.717, 1.165) is 16.6 Å². The van der Waals surface area contributed by atoms with Crippen LogP contribution in [0.1, 0.15) is 26.5 Å². The van der Waals surface area contributed by atoms with Gasteiger partial charge in [0.25, 0.3) is 5.95 Å². The number of carbonyl (C=O) groups excluding carboxylic acids is 1. The molecule has 4 heterocycles. The first-order valence-electron chi connectivity index (χ1n) is 11.5. The van der Waals surface area contributed by atoms with Crippen LogP contribution >= 0.6 is 0 Å². The molecule has 0 atom stereocenters. The number of rotatable bonds is 6. The van der Waals surface area contributed by atoms with Gasteiger partial charge >= 0.3 is 12.1 Å². The third-order valence-electron chi connectivity index (χ3n) is 5.21. The number of pyridine rings is 2. The van der Waals surface area contributed by atoms with Gasteiger partial charge in [-0.2, -0.15) is 4.98 Å². The summed E-state index contributed by atoms with van der Waals surface area (Å²) in [6.07, 6.45) is 2.92. The van der Waals surface area contributed by atoms with Gasteiger partial charge in [-0.3, -0.25) is 10.3 Å². The van der Waals surface area contributed by atoms with E-state index in [1.807, 2.05) is 30.3 Å². The number of hydrogen-bond donors (Lipinski definition) is 1. The molecule has 0 aliphatic heterocycles. The summed E-state index contributed by atoms with van der Waals surface area (Å²) >= 11 is 0. The molecule has 12 heteroatoms. The number of benzene rings is 1. The van der Waals surface area contributed by atoms with Crippen molar-refractivity contribution in [2.45, 2.75) is 33.0 Å². The molecule has 12 nitrogen and oxygen atoms in total. The number of fused-ring (bicyclic) bond motifs is 1. The lowest BCUT2D eigenvalue weighted by atomic mass is 10.1. The molecule has 0 aliphatic rings.